The summed E-state index contributed by atoms with van der Waals surface area (Å²) in [5.41, 5.74) is -0.974. The molecule has 0 aromatic heterocycles. The average molecular weight is 608 g/mol. The summed E-state index contributed by atoms with van der Waals surface area (Å²) >= 11 is 0. The van der Waals surface area contributed by atoms with Gasteiger partial charge in [0.25, 0.3) is 5.91 Å². The van der Waals surface area contributed by atoms with Crippen molar-refractivity contribution >= 4 is 23.2 Å². The van der Waals surface area contributed by atoms with Gasteiger partial charge in [-0.2, -0.15) is 13.2 Å². The number of ketones is 2. The lowest BCUT2D eigenvalue weighted by Crippen LogP contribution is -2.66. The molecule has 1 unspecified atom stereocenters. The van der Waals surface area contributed by atoms with Crippen LogP contribution in [-0.4, -0.2) is 74.1 Å². The number of amides is 1. The Morgan fingerprint density at radius 3 is 2.35 bits per heavy atom. The number of phenolic OH excluding ortho intramolecular Hbond substituents is 1. The SMILES string of the molecule is CCCN(CCC)[C@@H]1C(=O)C(C(N)=O)=C(O)[C@@]2(O)C(=O)C3=C(O)c4c(O)cc(C5CCCN5)c(C(F)(F)F)c4C[C@H]3C[C@@H]12. The Bertz CT molecular complexity index is 1440. The van der Waals surface area contributed by atoms with Crippen molar-refractivity contribution in [2.75, 3.05) is 19.6 Å². The van der Waals surface area contributed by atoms with E-state index in [4.69, 9.17) is 5.73 Å². The third-order valence-corrected chi connectivity index (χ3v) is 9.33. The van der Waals surface area contributed by atoms with Gasteiger partial charge in [-0.25, -0.2) is 0 Å². The summed E-state index contributed by atoms with van der Waals surface area (Å²) in [6.07, 6.45) is -3.41. The van der Waals surface area contributed by atoms with E-state index < -0.39 is 99.1 Å². The second-order valence-corrected chi connectivity index (χ2v) is 11.9. The van der Waals surface area contributed by atoms with Gasteiger partial charge in [0, 0.05) is 17.5 Å². The first-order chi connectivity index (χ1) is 20.2. The zero-order valence-corrected chi connectivity index (χ0v) is 23.9. The van der Waals surface area contributed by atoms with Gasteiger partial charge in [-0.1, -0.05) is 13.8 Å². The molecule has 2 fully saturated rings. The number of carbonyl (C=O) groups is 3. The predicted molar refractivity (Wildman–Crippen MR) is 148 cm³/mol. The number of primary amides is 1. The molecule has 1 amide bonds. The van der Waals surface area contributed by atoms with Crippen LogP contribution in [0.15, 0.2) is 23.0 Å². The summed E-state index contributed by atoms with van der Waals surface area (Å²) < 4.78 is 44.1. The molecular weight excluding hydrogens is 571 g/mol. The first kappa shape index (κ1) is 31.0. The zero-order chi connectivity index (χ0) is 31.6. The third kappa shape index (κ3) is 4.63. The minimum absolute atomic E-state index is 0.161. The number of aromatic hydroxyl groups is 1. The summed E-state index contributed by atoms with van der Waals surface area (Å²) in [6, 6.07) is -1.02. The largest absolute Gasteiger partial charge is 0.508 e. The van der Waals surface area contributed by atoms with Crippen molar-refractivity contribution in [2.24, 2.45) is 17.6 Å². The summed E-state index contributed by atoms with van der Waals surface area (Å²) in [4.78, 5) is 41.8. The lowest BCUT2D eigenvalue weighted by molar-refractivity contribution is -0.155. The van der Waals surface area contributed by atoms with E-state index in [-0.39, 0.29) is 17.5 Å². The van der Waals surface area contributed by atoms with Crippen LogP contribution in [0.25, 0.3) is 5.76 Å². The molecule has 43 heavy (non-hydrogen) atoms. The Balaban J connectivity index is 1.74. The molecule has 7 N–H and O–H groups in total. The van der Waals surface area contributed by atoms with Crippen LogP contribution < -0.4 is 11.1 Å². The Morgan fingerprint density at radius 1 is 1.16 bits per heavy atom. The monoisotopic (exact) mass is 607 g/mol. The molecule has 1 saturated heterocycles. The summed E-state index contributed by atoms with van der Waals surface area (Å²) in [5.74, 6) is -8.80. The highest BCUT2D eigenvalue weighted by atomic mass is 19.4. The number of hydrogen-bond acceptors (Lipinski definition) is 9. The normalized spacial score (nSPS) is 29.2. The molecular formula is C30H36F3N3O7. The molecule has 0 radical (unpaired) electrons. The number of nitrogens with zero attached hydrogens (tertiary/aromatic N) is 1. The van der Waals surface area contributed by atoms with E-state index in [2.05, 4.69) is 5.32 Å². The number of alkyl halides is 3. The minimum atomic E-state index is -4.87. The number of nitrogens with one attached hydrogen (secondary N) is 1. The van der Waals surface area contributed by atoms with Crippen molar-refractivity contribution in [3.05, 3.63) is 45.2 Å². The van der Waals surface area contributed by atoms with Gasteiger partial charge in [-0.05, 0) is 81.3 Å². The average Bonchev–Trinajstić information content (AvgIpc) is 3.45. The number of phenols is 1. The standard InChI is InChI=1S/C30H36F3N3O7/c1-3-8-36(9-4-2)23-16-11-13-10-15-20(18(37)12-14(17-6-5-7-35-17)22(15)30(31,32)33)24(38)19(13)26(40)29(16,43)27(41)21(25(23)39)28(34)42/h12-13,16-17,23,35,37-38,41,43H,3-11H2,1-2H3,(H2,34,42)/t13-,16-,17?,23-,29-/m0/s1. The molecule has 10 nitrogen and oxygen atoms in total. The van der Waals surface area contributed by atoms with E-state index in [1.165, 1.54) is 0 Å². The molecule has 0 bridgehead atoms. The highest BCUT2D eigenvalue weighted by molar-refractivity contribution is 6.24. The fraction of sp³-hybridized carbons (Fsp3) is 0.567. The number of hydrogen-bond donors (Lipinski definition) is 6. The topological polar surface area (TPSA) is 173 Å². The molecule has 1 aliphatic heterocycles. The van der Waals surface area contributed by atoms with Gasteiger partial charge < -0.3 is 31.5 Å². The second-order valence-electron chi connectivity index (χ2n) is 11.9. The van der Waals surface area contributed by atoms with E-state index in [0.29, 0.717) is 45.3 Å². The van der Waals surface area contributed by atoms with Gasteiger partial charge in [0.15, 0.2) is 11.4 Å². The van der Waals surface area contributed by atoms with E-state index in [1.807, 2.05) is 13.8 Å². The third-order valence-electron chi connectivity index (χ3n) is 9.33. The van der Waals surface area contributed by atoms with E-state index >= 15 is 0 Å². The fourth-order valence-electron chi connectivity index (χ4n) is 7.70. The van der Waals surface area contributed by atoms with Crippen molar-refractivity contribution in [1.82, 2.24) is 10.2 Å². The zero-order valence-electron chi connectivity index (χ0n) is 23.9. The molecule has 1 saturated carbocycles. The van der Waals surface area contributed by atoms with Crippen molar-refractivity contribution in [3.8, 4) is 5.75 Å². The molecule has 13 heteroatoms. The summed E-state index contributed by atoms with van der Waals surface area (Å²) in [5, 5.41) is 48.3. The number of halogens is 3. The highest BCUT2D eigenvalue weighted by Gasteiger charge is 2.64. The van der Waals surface area contributed by atoms with Crippen molar-refractivity contribution in [2.45, 2.75) is 76.2 Å². The number of aliphatic hydroxyl groups is 3. The Hall–Kier alpha value is -3.42. The van der Waals surface area contributed by atoms with Crippen LogP contribution in [-0.2, 0) is 27.0 Å². The number of nitrogens with two attached hydrogens (primary N) is 1. The van der Waals surface area contributed by atoms with Crippen LogP contribution in [0.1, 0.15) is 74.2 Å². The van der Waals surface area contributed by atoms with Crippen LogP contribution in [0.2, 0.25) is 0 Å². The van der Waals surface area contributed by atoms with Gasteiger partial charge in [-0.3, -0.25) is 19.3 Å². The van der Waals surface area contributed by atoms with Crippen LogP contribution >= 0.6 is 0 Å². The minimum Gasteiger partial charge on any atom is -0.508 e. The van der Waals surface area contributed by atoms with Gasteiger partial charge >= 0.3 is 6.18 Å². The highest BCUT2D eigenvalue weighted by Crippen LogP contribution is 2.55. The lowest BCUT2D eigenvalue weighted by Gasteiger charge is -2.51. The number of benzene rings is 1. The van der Waals surface area contributed by atoms with Gasteiger partial charge in [0.2, 0.25) is 5.78 Å². The first-order valence-electron chi connectivity index (χ1n) is 14.6. The smallest absolute Gasteiger partial charge is 0.417 e. The molecule has 0 spiro atoms. The van der Waals surface area contributed by atoms with Gasteiger partial charge in [-0.15, -0.1) is 0 Å². The number of rotatable bonds is 7. The molecule has 5 rings (SSSR count). The number of fused-ring (bicyclic) bond motifs is 3. The lowest BCUT2D eigenvalue weighted by atomic mass is 9.57. The summed E-state index contributed by atoms with van der Waals surface area (Å²) in [7, 11) is 0. The van der Waals surface area contributed by atoms with Gasteiger partial charge in [0.05, 0.1) is 17.2 Å². The maximum absolute atomic E-state index is 14.7. The van der Waals surface area contributed by atoms with E-state index in [9.17, 15) is 48.0 Å². The molecule has 234 valence electrons. The van der Waals surface area contributed by atoms with Crippen LogP contribution in [0.5, 0.6) is 5.75 Å². The Morgan fingerprint density at radius 2 is 1.81 bits per heavy atom. The van der Waals surface area contributed by atoms with Crippen molar-refractivity contribution in [1.29, 1.82) is 0 Å². The molecule has 5 atom stereocenters. The molecule has 1 heterocycles. The second kappa shape index (κ2) is 10.9. The van der Waals surface area contributed by atoms with Crippen LogP contribution in [0.3, 0.4) is 0 Å². The van der Waals surface area contributed by atoms with Gasteiger partial charge in [0.1, 0.15) is 22.8 Å². The summed E-state index contributed by atoms with van der Waals surface area (Å²) in [6.45, 7) is 4.83. The fourth-order valence-corrected chi connectivity index (χ4v) is 7.70. The maximum atomic E-state index is 14.7. The molecule has 1 aromatic carbocycles. The molecule has 1 aromatic rings. The van der Waals surface area contributed by atoms with Crippen molar-refractivity contribution < 1.29 is 48.0 Å². The number of carbonyl (C=O) groups excluding carboxylic acids is 3. The predicted octanol–water partition coefficient (Wildman–Crippen LogP) is 2.97. The van der Waals surface area contributed by atoms with E-state index in [0.717, 1.165) is 6.07 Å². The van der Waals surface area contributed by atoms with E-state index in [1.54, 1.807) is 4.90 Å². The molecule has 4 aliphatic rings. The van der Waals surface area contributed by atoms with Crippen LogP contribution in [0.4, 0.5) is 13.2 Å². The molecule has 3 aliphatic carbocycles. The first-order valence-corrected chi connectivity index (χ1v) is 14.6. The van der Waals surface area contributed by atoms with Crippen molar-refractivity contribution in [3.63, 3.8) is 0 Å². The number of Topliss-reactive ketones (excluding diaryl/α,β-unsaturated/α-hetero) is 2. The van der Waals surface area contributed by atoms with Crippen LogP contribution in [0, 0.1) is 11.8 Å². The quantitative estimate of drug-likeness (QED) is 0.255. The Kier molecular flexibility index (Phi) is 7.89. The Labute approximate surface area is 246 Å². The number of aliphatic hydroxyl groups excluding tert-OH is 2. The maximum Gasteiger partial charge on any atom is 0.417 e.